The van der Waals surface area contributed by atoms with Gasteiger partial charge in [0.2, 0.25) is 0 Å². The molecule has 1 aliphatic heterocycles. The van der Waals surface area contributed by atoms with Crippen LogP contribution in [0.15, 0.2) is 0 Å². The Morgan fingerprint density at radius 1 is 1.32 bits per heavy atom. The first-order valence-corrected chi connectivity index (χ1v) is 6.94. The lowest BCUT2D eigenvalue weighted by Crippen LogP contribution is -2.36. The predicted octanol–water partition coefficient (Wildman–Crippen LogP) is 0.644. The Bertz CT molecular complexity index is 447. The third-order valence-electron chi connectivity index (χ3n) is 3.89. The van der Waals surface area contributed by atoms with Gasteiger partial charge in [0.15, 0.2) is 5.82 Å². The van der Waals surface area contributed by atoms with Gasteiger partial charge in [-0.3, -0.25) is 0 Å². The molecule has 0 radical (unpaired) electrons. The van der Waals surface area contributed by atoms with Crippen molar-refractivity contribution in [3.05, 3.63) is 17.1 Å². The molecule has 1 unspecified atom stereocenters. The first-order chi connectivity index (χ1) is 9.28. The zero-order valence-electron chi connectivity index (χ0n) is 11.4. The number of nitrogens with one attached hydrogen (secondary N) is 1. The number of rotatable bonds is 2. The van der Waals surface area contributed by atoms with Crippen LogP contribution in [0.4, 0.5) is 5.82 Å². The van der Waals surface area contributed by atoms with Crippen LogP contribution >= 0.6 is 0 Å². The van der Waals surface area contributed by atoms with Gasteiger partial charge in [0, 0.05) is 24.3 Å². The van der Waals surface area contributed by atoms with Crippen LogP contribution in [0.25, 0.3) is 0 Å². The molecule has 0 aromatic carbocycles. The van der Waals surface area contributed by atoms with Crippen molar-refractivity contribution in [1.29, 1.82) is 0 Å². The number of ether oxygens (including phenoxy) is 1. The molecular weight excluding hydrogens is 242 g/mol. The molecule has 0 spiro atoms. The molecule has 6 heteroatoms. The normalized spacial score (nSPS) is 24.0. The monoisotopic (exact) mass is 263 g/mol. The summed E-state index contributed by atoms with van der Waals surface area (Å²) in [5.74, 6) is 7.15. The van der Waals surface area contributed by atoms with Crippen LogP contribution in [-0.4, -0.2) is 41.6 Å². The smallest absolute Gasteiger partial charge is 0.161 e. The van der Waals surface area contributed by atoms with Crippen molar-refractivity contribution in [2.45, 2.75) is 31.8 Å². The van der Waals surface area contributed by atoms with Crippen LogP contribution in [-0.2, 0) is 17.6 Å². The molecule has 2 heterocycles. The van der Waals surface area contributed by atoms with E-state index in [0.29, 0.717) is 0 Å². The average molecular weight is 263 g/mol. The van der Waals surface area contributed by atoms with Gasteiger partial charge in [-0.2, -0.15) is 0 Å². The maximum absolute atomic E-state index is 5.79. The molecular formula is C13H21N5O. The van der Waals surface area contributed by atoms with Crippen molar-refractivity contribution in [3.8, 4) is 0 Å². The topological polar surface area (TPSA) is 76.3 Å². The van der Waals surface area contributed by atoms with Gasteiger partial charge in [-0.15, -0.1) is 0 Å². The number of likely N-dealkylation sites (N-methyl/N-ethyl adjacent to an activating group) is 1. The molecule has 0 bridgehead atoms. The van der Waals surface area contributed by atoms with E-state index in [4.69, 9.17) is 15.6 Å². The molecule has 1 fully saturated rings. The standard InChI is InChI=1S/C13H21N5O/c1-18-6-7-19-11(8-18)13-15-10-5-3-2-4-9(10)12(16-13)17-14/h11H,2-8,14H2,1H3,(H,15,16,17). The molecule has 0 saturated carbocycles. The third kappa shape index (κ3) is 2.56. The summed E-state index contributed by atoms with van der Waals surface area (Å²) >= 11 is 0. The maximum Gasteiger partial charge on any atom is 0.161 e. The molecule has 0 amide bonds. The first-order valence-electron chi connectivity index (χ1n) is 6.94. The Hall–Kier alpha value is -1.24. The number of nitrogens with zero attached hydrogens (tertiary/aromatic N) is 3. The van der Waals surface area contributed by atoms with Crippen molar-refractivity contribution >= 4 is 5.82 Å². The van der Waals surface area contributed by atoms with Gasteiger partial charge >= 0.3 is 0 Å². The Balaban J connectivity index is 1.93. The largest absolute Gasteiger partial charge is 0.368 e. The molecule has 104 valence electrons. The second-order valence-electron chi connectivity index (χ2n) is 5.33. The Morgan fingerprint density at radius 3 is 2.95 bits per heavy atom. The van der Waals surface area contributed by atoms with Crippen LogP contribution in [0.5, 0.6) is 0 Å². The number of hydrogen-bond donors (Lipinski definition) is 2. The highest BCUT2D eigenvalue weighted by molar-refractivity contribution is 5.47. The Labute approximate surface area is 113 Å². The fraction of sp³-hybridized carbons (Fsp3) is 0.692. The van der Waals surface area contributed by atoms with Crippen LogP contribution < -0.4 is 11.3 Å². The summed E-state index contributed by atoms with van der Waals surface area (Å²) < 4.78 is 5.79. The van der Waals surface area contributed by atoms with Crippen molar-refractivity contribution in [3.63, 3.8) is 0 Å². The third-order valence-corrected chi connectivity index (χ3v) is 3.89. The number of aryl methyl sites for hydroxylation is 1. The van der Waals surface area contributed by atoms with Crippen molar-refractivity contribution < 1.29 is 4.74 Å². The number of aromatic nitrogens is 2. The minimum absolute atomic E-state index is 0.0434. The van der Waals surface area contributed by atoms with Crippen LogP contribution in [0.3, 0.4) is 0 Å². The number of nitrogens with two attached hydrogens (primary N) is 1. The molecule has 1 saturated heterocycles. The highest BCUT2D eigenvalue weighted by Crippen LogP contribution is 2.28. The molecule has 3 N–H and O–H groups in total. The number of nitrogen functional groups attached to an aromatic ring is 1. The quantitative estimate of drug-likeness (QED) is 0.602. The Morgan fingerprint density at radius 2 is 2.16 bits per heavy atom. The van der Waals surface area contributed by atoms with E-state index in [1.807, 2.05) is 0 Å². The number of hydrogen-bond acceptors (Lipinski definition) is 6. The lowest BCUT2D eigenvalue weighted by Gasteiger charge is -2.30. The molecule has 1 atom stereocenters. The summed E-state index contributed by atoms with van der Waals surface area (Å²) in [5.41, 5.74) is 5.05. The average Bonchev–Trinajstić information content (AvgIpc) is 2.46. The summed E-state index contributed by atoms with van der Waals surface area (Å²) in [4.78, 5) is 11.5. The fourth-order valence-corrected chi connectivity index (χ4v) is 2.81. The number of hydrazine groups is 1. The van der Waals surface area contributed by atoms with E-state index in [1.165, 1.54) is 18.4 Å². The van der Waals surface area contributed by atoms with E-state index in [2.05, 4.69) is 22.4 Å². The zero-order chi connectivity index (χ0) is 13.2. The van der Waals surface area contributed by atoms with E-state index >= 15 is 0 Å². The van der Waals surface area contributed by atoms with Gasteiger partial charge < -0.3 is 15.1 Å². The molecule has 19 heavy (non-hydrogen) atoms. The van der Waals surface area contributed by atoms with E-state index in [0.717, 1.165) is 49.9 Å². The number of fused-ring (bicyclic) bond motifs is 1. The molecule has 3 rings (SSSR count). The molecule has 1 aliphatic carbocycles. The van der Waals surface area contributed by atoms with Crippen molar-refractivity contribution in [2.24, 2.45) is 5.84 Å². The summed E-state index contributed by atoms with van der Waals surface area (Å²) in [6.45, 7) is 2.53. The van der Waals surface area contributed by atoms with Gasteiger partial charge in [0.05, 0.1) is 6.61 Å². The summed E-state index contributed by atoms with van der Waals surface area (Å²) in [6.07, 6.45) is 4.37. The summed E-state index contributed by atoms with van der Waals surface area (Å²) in [6, 6.07) is 0. The molecule has 6 nitrogen and oxygen atoms in total. The van der Waals surface area contributed by atoms with E-state index in [1.54, 1.807) is 0 Å². The summed E-state index contributed by atoms with van der Waals surface area (Å²) in [5, 5.41) is 0. The van der Waals surface area contributed by atoms with E-state index in [9.17, 15) is 0 Å². The molecule has 1 aromatic heterocycles. The summed E-state index contributed by atoms with van der Waals surface area (Å²) in [7, 11) is 2.09. The highest BCUT2D eigenvalue weighted by Gasteiger charge is 2.25. The Kier molecular flexibility index (Phi) is 3.63. The lowest BCUT2D eigenvalue weighted by molar-refractivity contribution is -0.0255. The van der Waals surface area contributed by atoms with Crippen LogP contribution in [0, 0.1) is 0 Å². The number of morpholine rings is 1. The van der Waals surface area contributed by atoms with Crippen LogP contribution in [0.1, 0.15) is 36.0 Å². The van der Waals surface area contributed by atoms with Crippen LogP contribution in [0.2, 0.25) is 0 Å². The van der Waals surface area contributed by atoms with Crippen molar-refractivity contribution in [2.75, 3.05) is 32.2 Å². The SMILES string of the molecule is CN1CCOC(c2nc3c(c(NN)n2)CCCC3)C1. The van der Waals surface area contributed by atoms with Gasteiger partial charge in [-0.05, 0) is 32.7 Å². The molecule has 2 aliphatic rings. The minimum Gasteiger partial charge on any atom is -0.368 e. The fourth-order valence-electron chi connectivity index (χ4n) is 2.81. The maximum atomic E-state index is 5.79. The zero-order valence-corrected chi connectivity index (χ0v) is 11.4. The van der Waals surface area contributed by atoms with Gasteiger partial charge in [-0.1, -0.05) is 0 Å². The second kappa shape index (κ2) is 5.40. The van der Waals surface area contributed by atoms with Gasteiger partial charge in [-0.25, -0.2) is 15.8 Å². The predicted molar refractivity (Wildman–Crippen MR) is 72.7 cm³/mol. The van der Waals surface area contributed by atoms with Gasteiger partial charge in [0.1, 0.15) is 11.9 Å². The number of anilines is 1. The van der Waals surface area contributed by atoms with Crippen molar-refractivity contribution in [1.82, 2.24) is 14.9 Å². The molecule has 1 aromatic rings. The lowest BCUT2D eigenvalue weighted by atomic mass is 9.96. The second-order valence-corrected chi connectivity index (χ2v) is 5.33. The highest BCUT2D eigenvalue weighted by atomic mass is 16.5. The van der Waals surface area contributed by atoms with E-state index < -0.39 is 0 Å². The van der Waals surface area contributed by atoms with Gasteiger partial charge in [0.25, 0.3) is 0 Å². The first kappa shape index (κ1) is 12.8. The van der Waals surface area contributed by atoms with E-state index in [-0.39, 0.29) is 6.10 Å². The minimum atomic E-state index is -0.0434.